The fraction of sp³-hybridized carbons (Fsp3) is 0.478. The average Bonchev–Trinajstić information content (AvgIpc) is 3.02. The molecule has 6 nitrogen and oxygen atoms in total. The summed E-state index contributed by atoms with van der Waals surface area (Å²) in [5.41, 5.74) is 2.07. The molecular formula is C23H30O6S. The van der Waals surface area contributed by atoms with Gasteiger partial charge >= 0.3 is 0 Å². The Kier molecular flexibility index (Phi) is 7.31. The van der Waals surface area contributed by atoms with Crippen LogP contribution in [0.2, 0.25) is 0 Å². The predicted octanol–water partition coefficient (Wildman–Crippen LogP) is 4.07. The molecule has 0 aliphatic carbocycles. The molecule has 0 amide bonds. The fourth-order valence-electron chi connectivity index (χ4n) is 3.44. The van der Waals surface area contributed by atoms with Crippen LogP contribution in [0, 0.1) is 12.8 Å². The molecule has 0 spiro atoms. The Morgan fingerprint density at radius 1 is 1.03 bits per heavy atom. The number of hydrogen-bond donors (Lipinski definition) is 0. The molecular weight excluding hydrogens is 404 g/mol. The largest absolute Gasteiger partial charge is 0.376 e. The summed E-state index contributed by atoms with van der Waals surface area (Å²) in [7, 11) is -3.87. The van der Waals surface area contributed by atoms with E-state index in [1.807, 2.05) is 58.0 Å². The maximum absolute atomic E-state index is 12.5. The molecule has 7 heteroatoms. The van der Waals surface area contributed by atoms with Crippen LogP contribution in [0.4, 0.5) is 0 Å². The number of hydrogen-bond acceptors (Lipinski definition) is 6. The van der Waals surface area contributed by atoms with E-state index < -0.39 is 22.0 Å². The molecule has 0 bridgehead atoms. The lowest BCUT2D eigenvalue weighted by Crippen LogP contribution is -2.35. The van der Waals surface area contributed by atoms with Crippen molar-refractivity contribution in [1.29, 1.82) is 0 Å². The Morgan fingerprint density at radius 2 is 1.70 bits per heavy atom. The number of ether oxygens (including phenoxy) is 3. The quantitative estimate of drug-likeness (QED) is 0.554. The van der Waals surface area contributed by atoms with Crippen molar-refractivity contribution >= 4 is 10.1 Å². The summed E-state index contributed by atoms with van der Waals surface area (Å²) in [6.07, 6.45) is -0.862. The number of aryl methyl sites for hydroxylation is 1. The maximum atomic E-state index is 12.5. The molecule has 164 valence electrons. The normalized spacial score (nSPS) is 22.1. The summed E-state index contributed by atoms with van der Waals surface area (Å²) in [4.78, 5) is 0.127. The highest BCUT2D eigenvalue weighted by molar-refractivity contribution is 7.86. The van der Waals surface area contributed by atoms with Gasteiger partial charge in [0.2, 0.25) is 0 Å². The van der Waals surface area contributed by atoms with Crippen LogP contribution in [-0.2, 0) is 35.1 Å². The highest BCUT2D eigenvalue weighted by Gasteiger charge is 2.44. The first-order valence-electron chi connectivity index (χ1n) is 10.1. The second-order valence-electron chi connectivity index (χ2n) is 8.17. The summed E-state index contributed by atoms with van der Waals surface area (Å²) < 4.78 is 48.2. The topological polar surface area (TPSA) is 71.1 Å². The Labute approximate surface area is 179 Å². The first-order chi connectivity index (χ1) is 14.2. The van der Waals surface area contributed by atoms with Gasteiger partial charge in [-0.05, 0) is 38.5 Å². The third-order valence-corrected chi connectivity index (χ3v) is 6.27. The molecule has 3 rings (SSSR count). The highest BCUT2D eigenvalue weighted by Crippen LogP contribution is 2.33. The van der Waals surface area contributed by atoms with Gasteiger partial charge < -0.3 is 14.2 Å². The third kappa shape index (κ3) is 6.12. The van der Waals surface area contributed by atoms with Crippen molar-refractivity contribution < 1.29 is 26.8 Å². The van der Waals surface area contributed by atoms with E-state index in [2.05, 4.69) is 0 Å². The van der Waals surface area contributed by atoms with Gasteiger partial charge in [0.05, 0.1) is 30.8 Å². The first kappa shape index (κ1) is 22.9. The van der Waals surface area contributed by atoms with Gasteiger partial charge in [-0.25, -0.2) is 0 Å². The van der Waals surface area contributed by atoms with Crippen LogP contribution in [0.25, 0.3) is 0 Å². The molecule has 3 atom stereocenters. The van der Waals surface area contributed by atoms with E-state index in [1.54, 1.807) is 12.1 Å². The molecule has 0 N–H and O–H groups in total. The van der Waals surface area contributed by atoms with Crippen molar-refractivity contribution in [1.82, 2.24) is 0 Å². The predicted molar refractivity (Wildman–Crippen MR) is 113 cm³/mol. The average molecular weight is 435 g/mol. The molecule has 1 fully saturated rings. The minimum atomic E-state index is -3.87. The zero-order valence-corrected chi connectivity index (χ0v) is 18.7. The first-order valence-corrected chi connectivity index (χ1v) is 11.5. The van der Waals surface area contributed by atoms with Crippen molar-refractivity contribution in [2.45, 2.75) is 57.2 Å². The highest BCUT2D eigenvalue weighted by atomic mass is 32.2. The van der Waals surface area contributed by atoms with Gasteiger partial charge in [-0.2, -0.15) is 8.42 Å². The van der Waals surface area contributed by atoms with E-state index >= 15 is 0 Å². The zero-order chi connectivity index (χ0) is 21.8. The van der Waals surface area contributed by atoms with Crippen molar-refractivity contribution in [3.05, 3.63) is 65.7 Å². The number of benzene rings is 2. The fourth-order valence-corrected chi connectivity index (χ4v) is 4.35. The maximum Gasteiger partial charge on any atom is 0.297 e. The minimum Gasteiger partial charge on any atom is -0.376 e. The van der Waals surface area contributed by atoms with Gasteiger partial charge in [0, 0.05) is 5.92 Å². The summed E-state index contributed by atoms with van der Waals surface area (Å²) in [6.45, 7) is 8.37. The van der Waals surface area contributed by atoms with Gasteiger partial charge in [-0.3, -0.25) is 4.18 Å². The standard InChI is InChI=1S/C23H30O6S/c1-17-10-12-20(13-11-17)30(24,25)27-16-21-22(29-23(3,4)28-21)18(2)14-26-15-19-8-6-5-7-9-19/h5-13,18,21-22H,14-16H2,1-4H3/t18-,21+,22+/m0/s1. The third-order valence-electron chi connectivity index (χ3n) is 4.97. The van der Waals surface area contributed by atoms with Crippen LogP contribution < -0.4 is 0 Å². The van der Waals surface area contributed by atoms with Crippen LogP contribution in [-0.4, -0.2) is 39.6 Å². The van der Waals surface area contributed by atoms with Gasteiger partial charge in [0.25, 0.3) is 10.1 Å². The molecule has 2 aromatic carbocycles. The molecule has 1 heterocycles. The molecule has 1 aliphatic rings. The van der Waals surface area contributed by atoms with E-state index in [0.29, 0.717) is 13.2 Å². The van der Waals surface area contributed by atoms with Crippen LogP contribution >= 0.6 is 0 Å². The molecule has 30 heavy (non-hydrogen) atoms. The second kappa shape index (κ2) is 9.58. The summed E-state index contributed by atoms with van der Waals surface area (Å²) in [6, 6.07) is 16.5. The smallest absolute Gasteiger partial charge is 0.297 e. The Bertz CT molecular complexity index is 908. The molecule has 0 saturated carbocycles. The zero-order valence-electron chi connectivity index (χ0n) is 17.9. The Hall–Kier alpha value is -1.77. The van der Waals surface area contributed by atoms with E-state index in [9.17, 15) is 8.42 Å². The van der Waals surface area contributed by atoms with Gasteiger partial charge in [-0.1, -0.05) is 55.0 Å². The van der Waals surface area contributed by atoms with Crippen LogP contribution in [0.3, 0.4) is 0 Å². The van der Waals surface area contributed by atoms with Crippen molar-refractivity contribution in [3.63, 3.8) is 0 Å². The summed E-state index contributed by atoms with van der Waals surface area (Å²) in [5, 5.41) is 0. The van der Waals surface area contributed by atoms with Crippen LogP contribution in [0.15, 0.2) is 59.5 Å². The monoisotopic (exact) mass is 434 g/mol. The summed E-state index contributed by atoms with van der Waals surface area (Å²) >= 11 is 0. The second-order valence-corrected chi connectivity index (χ2v) is 9.78. The number of rotatable bonds is 9. The molecule has 1 aliphatic heterocycles. The molecule has 0 radical (unpaired) electrons. The lowest BCUT2D eigenvalue weighted by atomic mass is 10.0. The summed E-state index contributed by atoms with van der Waals surface area (Å²) in [5.74, 6) is -0.828. The molecule has 1 saturated heterocycles. The minimum absolute atomic E-state index is 0.00818. The van der Waals surface area contributed by atoms with Crippen molar-refractivity contribution in [2.75, 3.05) is 13.2 Å². The van der Waals surface area contributed by atoms with E-state index in [4.69, 9.17) is 18.4 Å². The lowest BCUT2D eigenvalue weighted by molar-refractivity contribution is -0.153. The molecule has 0 unspecified atom stereocenters. The van der Waals surface area contributed by atoms with Crippen molar-refractivity contribution in [3.8, 4) is 0 Å². The van der Waals surface area contributed by atoms with Gasteiger partial charge in [0.15, 0.2) is 5.79 Å². The lowest BCUT2D eigenvalue weighted by Gasteiger charge is -2.23. The Morgan fingerprint density at radius 3 is 2.37 bits per heavy atom. The van der Waals surface area contributed by atoms with E-state index in [0.717, 1.165) is 11.1 Å². The SMILES string of the molecule is Cc1ccc(S(=O)(=O)OC[C@H]2OC(C)(C)O[C@@H]2[C@@H](C)COCc2ccccc2)cc1. The van der Waals surface area contributed by atoms with Gasteiger partial charge in [0.1, 0.15) is 6.10 Å². The van der Waals surface area contributed by atoms with Crippen LogP contribution in [0.5, 0.6) is 0 Å². The van der Waals surface area contributed by atoms with Crippen molar-refractivity contribution in [2.24, 2.45) is 5.92 Å². The Balaban J connectivity index is 1.58. The van der Waals surface area contributed by atoms with E-state index in [1.165, 1.54) is 12.1 Å². The van der Waals surface area contributed by atoms with E-state index in [-0.39, 0.29) is 23.5 Å². The molecule has 0 aromatic heterocycles. The van der Waals surface area contributed by atoms with Crippen LogP contribution in [0.1, 0.15) is 31.9 Å². The molecule has 2 aromatic rings. The van der Waals surface area contributed by atoms with Gasteiger partial charge in [-0.15, -0.1) is 0 Å².